The summed E-state index contributed by atoms with van der Waals surface area (Å²) in [5, 5.41) is 0.299. The summed E-state index contributed by atoms with van der Waals surface area (Å²) in [6, 6.07) is 3.54. The molecule has 1 heterocycles. The van der Waals surface area contributed by atoms with Gasteiger partial charge in [-0.1, -0.05) is 11.6 Å². The van der Waals surface area contributed by atoms with Crippen LogP contribution in [0.1, 0.15) is 19.3 Å². The van der Waals surface area contributed by atoms with E-state index in [0.717, 1.165) is 4.31 Å². The number of benzene rings is 1. The van der Waals surface area contributed by atoms with Gasteiger partial charge in [0.2, 0.25) is 15.9 Å². The van der Waals surface area contributed by atoms with Crippen molar-refractivity contribution in [3.8, 4) is 0 Å². The van der Waals surface area contributed by atoms with Crippen LogP contribution in [0, 0.1) is 5.92 Å². The molecule has 1 amide bonds. The quantitative estimate of drug-likeness (QED) is 0.689. The molecule has 1 aliphatic heterocycles. The molecule has 1 saturated heterocycles. The van der Waals surface area contributed by atoms with E-state index in [2.05, 4.69) is 0 Å². The Bertz CT molecular complexity index is 750. The average Bonchev–Trinajstić information content (AvgIpc) is 3.06. The van der Waals surface area contributed by atoms with Crippen LogP contribution in [0.25, 0.3) is 0 Å². The molecule has 0 bridgehead atoms. The average molecular weight is 429 g/mol. The van der Waals surface area contributed by atoms with Gasteiger partial charge in [-0.05, 0) is 43.0 Å². The Labute approximate surface area is 160 Å². The molecular weight excluding hydrogens is 409 g/mol. The summed E-state index contributed by atoms with van der Waals surface area (Å²) < 4.78 is 70.1. The van der Waals surface area contributed by atoms with Crippen LogP contribution in [0.5, 0.6) is 0 Å². The fourth-order valence-electron chi connectivity index (χ4n) is 2.85. The van der Waals surface area contributed by atoms with Crippen molar-refractivity contribution in [2.45, 2.75) is 36.4 Å². The summed E-state index contributed by atoms with van der Waals surface area (Å²) in [5.41, 5.74) is 5.28. The Kier molecular flexibility index (Phi) is 7.12. The van der Waals surface area contributed by atoms with Crippen LogP contribution in [0.2, 0.25) is 5.02 Å². The third-order valence-electron chi connectivity index (χ3n) is 4.26. The van der Waals surface area contributed by atoms with Gasteiger partial charge in [-0.3, -0.25) is 4.79 Å². The number of amides is 1. The number of halogens is 4. The van der Waals surface area contributed by atoms with Gasteiger partial charge in [-0.15, -0.1) is 0 Å². The first kappa shape index (κ1) is 21.9. The number of carbonyl (C=O) groups excluding carboxylic acids is 1. The summed E-state index contributed by atoms with van der Waals surface area (Å²) in [6.07, 6.45) is -6.08. The van der Waals surface area contributed by atoms with Gasteiger partial charge >= 0.3 is 6.18 Å². The molecule has 0 aliphatic carbocycles. The van der Waals surface area contributed by atoms with Crippen molar-refractivity contribution in [2.75, 3.05) is 19.8 Å². The molecule has 11 heteroatoms. The molecule has 27 heavy (non-hydrogen) atoms. The molecule has 1 aromatic rings. The zero-order chi connectivity index (χ0) is 20.2. The van der Waals surface area contributed by atoms with Crippen molar-refractivity contribution in [1.29, 1.82) is 0 Å². The predicted octanol–water partition coefficient (Wildman–Crippen LogP) is 2.56. The van der Waals surface area contributed by atoms with E-state index in [9.17, 15) is 26.4 Å². The maximum atomic E-state index is 13.1. The lowest BCUT2D eigenvalue weighted by Crippen LogP contribution is -2.50. The Morgan fingerprint density at radius 1 is 1.33 bits per heavy atom. The number of rotatable bonds is 8. The summed E-state index contributed by atoms with van der Waals surface area (Å²) >= 11 is 5.77. The molecular formula is C16H20ClF3N2O4S. The van der Waals surface area contributed by atoms with E-state index >= 15 is 0 Å². The number of ether oxygens (including phenoxy) is 1. The first-order valence-electron chi connectivity index (χ1n) is 8.22. The number of carbonyl (C=O) groups is 1. The number of sulfonamides is 1. The van der Waals surface area contributed by atoms with E-state index in [1.165, 1.54) is 24.3 Å². The highest BCUT2D eigenvalue weighted by atomic mass is 35.5. The van der Waals surface area contributed by atoms with Gasteiger partial charge < -0.3 is 10.5 Å². The molecule has 2 N–H and O–H groups in total. The second-order valence-corrected chi connectivity index (χ2v) is 8.66. The fourth-order valence-corrected chi connectivity index (χ4v) is 4.67. The SMILES string of the molecule is NC(=O)[C@@H](CCC(F)(F)F)N(C[C@H]1CCOC1)S(=O)(=O)c1ccc(Cl)cc1. The first-order chi connectivity index (χ1) is 12.5. The summed E-state index contributed by atoms with van der Waals surface area (Å²) in [5.74, 6) is -1.37. The minimum Gasteiger partial charge on any atom is -0.381 e. The lowest BCUT2D eigenvalue weighted by molar-refractivity contribution is -0.140. The van der Waals surface area contributed by atoms with Crippen molar-refractivity contribution < 1.29 is 31.1 Å². The molecule has 1 aliphatic rings. The van der Waals surface area contributed by atoms with Crippen LogP contribution >= 0.6 is 11.6 Å². The second kappa shape index (κ2) is 8.76. The smallest absolute Gasteiger partial charge is 0.381 e. The van der Waals surface area contributed by atoms with E-state index < -0.39 is 41.0 Å². The summed E-state index contributed by atoms with van der Waals surface area (Å²) in [7, 11) is -4.27. The number of hydrogen-bond acceptors (Lipinski definition) is 4. The lowest BCUT2D eigenvalue weighted by atomic mass is 10.1. The molecule has 1 aromatic carbocycles. The van der Waals surface area contributed by atoms with Crippen molar-refractivity contribution in [3.05, 3.63) is 29.3 Å². The fraction of sp³-hybridized carbons (Fsp3) is 0.562. The molecule has 2 atom stereocenters. The third-order valence-corrected chi connectivity index (χ3v) is 6.40. The standard InChI is InChI=1S/C16H20ClF3N2O4S/c17-12-1-3-13(4-2-12)27(24,25)22(9-11-6-8-26-10-11)14(15(21)23)5-7-16(18,19)20/h1-4,11,14H,5-10H2,(H2,21,23)/t11-,14-/m1/s1. The molecule has 1 fully saturated rings. The highest BCUT2D eigenvalue weighted by Crippen LogP contribution is 2.29. The van der Waals surface area contributed by atoms with Crippen LogP contribution < -0.4 is 5.73 Å². The van der Waals surface area contributed by atoms with Gasteiger partial charge in [0.25, 0.3) is 0 Å². The highest BCUT2D eigenvalue weighted by molar-refractivity contribution is 7.89. The van der Waals surface area contributed by atoms with Gasteiger partial charge in [-0.25, -0.2) is 8.42 Å². The van der Waals surface area contributed by atoms with Gasteiger partial charge in [0.05, 0.1) is 11.5 Å². The van der Waals surface area contributed by atoms with E-state index in [0.29, 0.717) is 18.1 Å². The van der Waals surface area contributed by atoms with Gasteiger partial charge in [0.1, 0.15) is 6.04 Å². The van der Waals surface area contributed by atoms with Crippen molar-refractivity contribution in [2.24, 2.45) is 11.7 Å². The topological polar surface area (TPSA) is 89.7 Å². The minimum absolute atomic E-state index is 0.156. The van der Waals surface area contributed by atoms with Crippen LogP contribution in [-0.2, 0) is 19.6 Å². The Morgan fingerprint density at radius 3 is 2.44 bits per heavy atom. The van der Waals surface area contributed by atoms with Gasteiger partial charge in [-0.2, -0.15) is 17.5 Å². The van der Waals surface area contributed by atoms with Crippen LogP contribution in [0.15, 0.2) is 29.2 Å². The minimum atomic E-state index is -4.54. The van der Waals surface area contributed by atoms with Crippen molar-refractivity contribution in [3.63, 3.8) is 0 Å². The predicted molar refractivity (Wildman–Crippen MR) is 92.5 cm³/mol. The highest BCUT2D eigenvalue weighted by Gasteiger charge is 2.39. The largest absolute Gasteiger partial charge is 0.389 e. The number of primary amides is 1. The molecule has 0 unspecified atom stereocenters. The van der Waals surface area contributed by atoms with Crippen LogP contribution in [0.3, 0.4) is 0 Å². The summed E-state index contributed by atoms with van der Waals surface area (Å²) in [6.45, 7) is 0.525. The molecule has 0 spiro atoms. The monoisotopic (exact) mass is 428 g/mol. The van der Waals surface area contributed by atoms with E-state index in [1.54, 1.807) is 0 Å². The van der Waals surface area contributed by atoms with Crippen LogP contribution in [-0.4, -0.2) is 50.6 Å². The number of hydrogen-bond donors (Lipinski definition) is 1. The van der Waals surface area contributed by atoms with Gasteiger partial charge in [0.15, 0.2) is 0 Å². The van der Waals surface area contributed by atoms with Gasteiger partial charge in [0, 0.05) is 24.6 Å². The van der Waals surface area contributed by atoms with Crippen molar-refractivity contribution in [1.82, 2.24) is 4.31 Å². The van der Waals surface area contributed by atoms with E-state index in [1.807, 2.05) is 0 Å². The van der Waals surface area contributed by atoms with Crippen molar-refractivity contribution >= 4 is 27.5 Å². The Hall–Kier alpha value is -1.36. The third kappa shape index (κ3) is 6.06. The molecule has 0 aromatic heterocycles. The Morgan fingerprint density at radius 2 is 1.96 bits per heavy atom. The summed E-state index contributed by atoms with van der Waals surface area (Å²) in [4.78, 5) is 11.7. The maximum absolute atomic E-state index is 13.1. The normalized spacial score (nSPS) is 19.4. The molecule has 2 rings (SSSR count). The lowest BCUT2D eigenvalue weighted by Gasteiger charge is -2.31. The number of nitrogens with two attached hydrogens (primary N) is 1. The molecule has 152 valence electrons. The first-order valence-corrected chi connectivity index (χ1v) is 10.0. The maximum Gasteiger partial charge on any atom is 0.389 e. The number of alkyl halides is 3. The molecule has 6 nitrogen and oxygen atoms in total. The molecule has 0 saturated carbocycles. The molecule has 0 radical (unpaired) electrons. The Balaban J connectivity index is 2.38. The van der Waals surface area contributed by atoms with E-state index in [4.69, 9.17) is 22.1 Å². The number of nitrogens with zero attached hydrogens (tertiary/aromatic N) is 1. The second-order valence-electron chi connectivity index (χ2n) is 6.33. The zero-order valence-electron chi connectivity index (χ0n) is 14.3. The zero-order valence-corrected chi connectivity index (χ0v) is 15.9. The van der Waals surface area contributed by atoms with Crippen LogP contribution in [0.4, 0.5) is 13.2 Å². The van der Waals surface area contributed by atoms with E-state index in [-0.39, 0.29) is 24.0 Å².